The van der Waals surface area contributed by atoms with Gasteiger partial charge in [-0.3, -0.25) is 0 Å². The minimum atomic E-state index is 0.471. The Labute approximate surface area is 103 Å². The van der Waals surface area contributed by atoms with Crippen molar-refractivity contribution in [3.8, 4) is 6.07 Å². The minimum Gasteiger partial charge on any atom is -0.379 e. The van der Waals surface area contributed by atoms with Crippen LogP contribution < -0.4 is 0 Å². The van der Waals surface area contributed by atoms with E-state index in [0.29, 0.717) is 25.4 Å². The fourth-order valence-corrected chi connectivity index (χ4v) is 1.47. The molecule has 0 aromatic heterocycles. The number of aryl methyl sites for hydroxylation is 1. The van der Waals surface area contributed by atoms with E-state index in [1.165, 1.54) is 0 Å². The molecule has 0 N–H and O–H groups in total. The van der Waals surface area contributed by atoms with E-state index >= 15 is 0 Å². The Morgan fingerprint density at radius 3 is 2.65 bits per heavy atom. The zero-order valence-electron chi connectivity index (χ0n) is 10.5. The third-order valence-electron chi connectivity index (χ3n) is 2.36. The summed E-state index contributed by atoms with van der Waals surface area (Å²) in [4.78, 5) is 0. The molecule has 0 aliphatic heterocycles. The van der Waals surface area contributed by atoms with Crippen molar-refractivity contribution in [2.75, 3.05) is 19.8 Å². The van der Waals surface area contributed by atoms with Crippen LogP contribution in [0.25, 0.3) is 0 Å². The first-order valence-corrected chi connectivity index (χ1v) is 5.93. The van der Waals surface area contributed by atoms with E-state index < -0.39 is 0 Å². The predicted molar refractivity (Wildman–Crippen MR) is 66.7 cm³/mol. The van der Waals surface area contributed by atoms with Crippen molar-refractivity contribution in [3.63, 3.8) is 0 Å². The molecule has 0 aliphatic carbocycles. The first-order chi connectivity index (χ1) is 8.27. The van der Waals surface area contributed by atoms with Crippen LogP contribution in [0.2, 0.25) is 0 Å². The lowest BCUT2D eigenvalue weighted by Gasteiger charge is -2.07. The van der Waals surface area contributed by atoms with Crippen molar-refractivity contribution in [1.82, 2.24) is 0 Å². The molecule has 0 atom stereocenters. The van der Waals surface area contributed by atoms with E-state index in [1.54, 1.807) is 0 Å². The van der Waals surface area contributed by atoms with Crippen molar-refractivity contribution < 1.29 is 9.47 Å². The zero-order chi connectivity index (χ0) is 12.5. The Balaban J connectivity index is 2.34. The fraction of sp³-hybridized carbons (Fsp3) is 0.500. The number of rotatable bonds is 7. The molecule has 1 aromatic carbocycles. The SMILES string of the molecule is CCCOCCOCc1ccc(C)cc1C#N. The quantitative estimate of drug-likeness (QED) is 0.680. The topological polar surface area (TPSA) is 42.2 Å². The molecular formula is C14H19NO2. The summed E-state index contributed by atoms with van der Waals surface area (Å²) in [5.74, 6) is 0. The van der Waals surface area contributed by atoms with Crippen LogP contribution in [0.15, 0.2) is 18.2 Å². The molecule has 0 saturated heterocycles. The van der Waals surface area contributed by atoms with E-state index in [1.807, 2.05) is 25.1 Å². The summed E-state index contributed by atoms with van der Waals surface area (Å²) in [6.45, 7) is 6.48. The van der Waals surface area contributed by atoms with Crippen LogP contribution in [-0.4, -0.2) is 19.8 Å². The molecule has 92 valence electrons. The molecule has 0 radical (unpaired) electrons. The van der Waals surface area contributed by atoms with Gasteiger partial charge in [0.05, 0.1) is 31.5 Å². The number of ether oxygens (including phenoxy) is 2. The molecule has 1 aromatic rings. The Hall–Kier alpha value is -1.37. The van der Waals surface area contributed by atoms with E-state index in [0.717, 1.165) is 24.2 Å². The number of nitrogens with zero attached hydrogens (tertiary/aromatic N) is 1. The van der Waals surface area contributed by atoms with Crippen molar-refractivity contribution in [2.45, 2.75) is 26.9 Å². The van der Waals surface area contributed by atoms with Gasteiger partial charge in [0.15, 0.2) is 0 Å². The van der Waals surface area contributed by atoms with Crippen LogP contribution in [0.5, 0.6) is 0 Å². The standard InChI is InChI=1S/C14H19NO2/c1-3-6-16-7-8-17-11-13-5-4-12(2)9-14(13)10-15/h4-5,9H,3,6-8,11H2,1-2H3. The number of hydrogen-bond donors (Lipinski definition) is 0. The van der Waals surface area contributed by atoms with Gasteiger partial charge >= 0.3 is 0 Å². The highest BCUT2D eigenvalue weighted by Gasteiger charge is 2.02. The molecule has 1 rings (SSSR count). The summed E-state index contributed by atoms with van der Waals surface area (Å²) in [6, 6.07) is 8.01. The average molecular weight is 233 g/mol. The summed E-state index contributed by atoms with van der Waals surface area (Å²) >= 11 is 0. The lowest BCUT2D eigenvalue weighted by atomic mass is 10.1. The second kappa shape index (κ2) is 7.83. The van der Waals surface area contributed by atoms with E-state index in [2.05, 4.69) is 13.0 Å². The molecular weight excluding hydrogens is 214 g/mol. The Morgan fingerprint density at radius 1 is 1.18 bits per heavy atom. The molecule has 0 unspecified atom stereocenters. The highest BCUT2D eigenvalue weighted by atomic mass is 16.5. The van der Waals surface area contributed by atoms with Crippen LogP contribution in [0, 0.1) is 18.3 Å². The molecule has 0 fully saturated rings. The molecule has 3 nitrogen and oxygen atoms in total. The van der Waals surface area contributed by atoms with Crippen molar-refractivity contribution in [1.29, 1.82) is 5.26 Å². The van der Waals surface area contributed by atoms with Crippen molar-refractivity contribution >= 4 is 0 Å². The number of hydrogen-bond acceptors (Lipinski definition) is 3. The Kier molecular flexibility index (Phi) is 6.31. The van der Waals surface area contributed by atoms with Gasteiger partial charge in [-0.1, -0.05) is 19.1 Å². The van der Waals surface area contributed by atoms with Gasteiger partial charge < -0.3 is 9.47 Å². The highest BCUT2D eigenvalue weighted by Crippen LogP contribution is 2.11. The summed E-state index contributed by atoms with van der Waals surface area (Å²) in [6.07, 6.45) is 1.02. The largest absolute Gasteiger partial charge is 0.379 e. The third kappa shape index (κ3) is 4.99. The lowest BCUT2D eigenvalue weighted by Crippen LogP contribution is -2.05. The minimum absolute atomic E-state index is 0.471. The van der Waals surface area contributed by atoms with Gasteiger partial charge in [-0.25, -0.2) is 0 Å². The van der Waals surface area contributed by atoms with Gasteiger partial charge in [-0.2, -0.15) is 5.26 Å². The van der Waals surface area contributed by atoms with Crippen LogP contribution in [0.3, 0.4) is 0 Å². The first-order valence-electron chi connectivity index (χ1n) is 5.93. The molecule has 0 aliphatic rings. The average Bonchev–Trinajstić information content (AvgIpc) is 2.35. The van der Waals surface area contributed by atoms with E-state index in [4.69, 9.17) is 14.7 Å². The normalized spacial score (nSPS) is 10.2. The smallest absolute Gasteiger partial charge is 0.0995 e. The molecule has 0 saturated carbocycles. The van der Waals surface area contributed by atoms with Crippen molar-refractivity contribution in [3.05, 3.63) is 34.9 Å². The fourth-order valence-electron chi connectivity index (χ4n) is 1.47. The maximum Gasteiger partial charge on any atom is 0.0995 e. The van der Waals surface area contributed by atoms with Gasteiger partial charge in [0, 0.05) is 6.61 Å². The maximum atomic E-state index is 8.99. The zero-order valence-corrected chi connectivity index (χ0v) is 10.5. The summed E-state index contributed by atoms with van der Waals surface area (Å²) in [5, 5.41) is 8.99. The number of benzene rings is 1. The van der Waals surface area contributed by atoms with Gasteiger partial charge in [0.25, 0.3) is 0 Å². The van der Waals surface area contributed by atoms with E-state index in [9.17, 15) is 0 Å². The van der Waals surface area contributed by atoms with Crippen LogP contribution >= 0.6 is 0 Å². The highest BCUT2D eigenvalue weighted by molar-refractivity contribution is 5.39. The lowest BCUT2D eigenvalue weighted by molar-refractivity contribution is 0.0408. The van der Waals surface area contributed by atoms with Gasteiger partial charge in [-0.15, -0.1) is 0 Å². The number of nitriles is 1. The molecule has 0 bridgehead atoms. The third-order valence-corrected chi connectivity index (χ3v) is 2.36. The second-order valence-electron chi connectivity index (χ2n) is 3.94. The van der Waals surface area contributed by atoms with Crippen LogP contribution in [0.1, 0.15) is 30.0 Å². The first kappa shape index (κ1) is 13.7. The Bertz CT molecular complexity index is 382. The van der Waals surface area contributed by atoms with Crippen molar-refractivity contribution in [2.24, 2.45) is 0 Å². The van der Waals surface area contributed by atoms with Gasteiger partial charge in [-0.05, 0) is 30.5 Å². The van der Waals surface area contributed by atoms with Crippen LogP contribution in [-0.2, 0) is 16.1 Å². The summed E-state index contributed by atoms with van der Waals surface area (Å²) in [7, 11) is 0. The summed E-state index contributed by atoms with van der Waals surface area (Å²) < 4.78 is 10.8. The monoisotopic (exact) mass is 233 g/mol. The molecule has 0 heterocycles. The molecule has 0 amide bonds. The second-order valence-corrected chi connectivity index (χ2v) is 3.94. The predicted octanol–water partition coefficient (Wildman–Crippen LogP) is 2.81. The molecule has 3 heteroatoms. The summed E-state index contributed by atoms with van der Waals surface area (Å²) in [5.41, 5.74) is 2.73. The maximum absolute atomic E-state index is 8.99. The van der Waals surface area contributed by atoms with E-state index in [-0.39, 0.29) is 0 Å². The van der Waals surface area contributed by atoms with Gasteiger partial charge in [0.1, 0.15) is 0 Å². The molecule has 17 heavy (non-hydrogen) atoms. The molecule has 0 spiro atoms. The van der Waals surface area contributed by atoms with Crippen LogP contribution in [0.4, 0.5) is 0 Å². The Morgan fingerprint density at radius 2 is 1.94 bits per heavy atom. The van der Waals surface area contributed by atoms with Gasteiger partial charge in [0.2, 0.25) is 0 Å².